The minimum Gasteiger partial charge on any atom is -0.485 e. The molecule has 8 nitrogen and oxygen atoms in total. The number of pyridine rings is 1. The number of benzene rings is 2. The molecule has 39 heavy (non-hydrogen) atoms. The topological polar surface area (TPSA) is 106 Å². The molecule has 4 rings (SSSR count). The van der Waals surface area contributed by atoms with Gasteiger partial charge in [-0.2, -0.15) is 5.26 Å². The lowest BCUT2D eigenvalue weighted by molar-refractivity contribution is 0.0960. The Morgan fingerprint density at radius 2 is 1.79 bits per heavy atom. The maximum Gasteiger partial charge on any atom is 0.407 e. The number of nitrogens with zero attached hydrogens (tertiary/aromatic N) is 3. The summed E-state index contributed by atoms with van der Waals surface area (Å²) in [6, 6.07) is 16.4. The zero-order valence-corrected chi connectivity index (χ0v) is 21.4. The Kier molecular flexibility index (Phi) is 8.51. The zero-order chi connectivity index (χ0) is 27.9. The zero-order valence-electron chi connectivity index (χ0n) is 21.4. The van der Waals surface area contributed by atoms with E-state index in [1.54, 1.807) is 30.5 Å². The number of ether oxygens (including phenoxy) is 2. The van der Waals surface area contributed by atoms with Crippen molar-refractivity contribution in [1.82, 2.24) is 14.7 Å². The Balaban J connectivity index is 1.44. The van der Waals surface area contributed by atoms with Gasteiger partial charge in [-0.15, -0.1) is 0 Å². The van der Waals surface area contributed by atoms with E-state index in [1.165, 1.54) is 6.07 Å². The lowest BCUT2D eigenvalue weighted by Gasteiger charge is -2.12. The first-order valence-electron chi connectivity index (χ1n) is 12.2. The first kappa shape index (κ1) is 27.3. The summed E-state index contributed by atoms with van der Waals surface area (Å²) in [7, 11) is 0. The minimum absolute atomic E-state index is 0.0762. The van der Waals surface area contributed by atoms with E-state index in [0.29, 0.717) is 11.3 Å². The Hall–Kier alpha value is -4.78. The van der Waals surface area contributed by atoms with E-state index in [1.807, 2.05) is 36.4 Å². The standard InChI is InChI=1S/C29H26F2N4O4/c1-18-11-26(38-17-22-23(30)9-6-10-24(22)31)28-34-19(2)27(35(28)15-18)25(36)12-21(13-32)14-33-29(37)39-16-20-7-4-3-5-8-20/h3-11,15,21H,12,14,16-17H2,1-2H3,(H,33,37). The average Bonchev–Trinajstić information content (AvgIpc) is 3.25. The number of Topliss-reactive ketones (excluding diaryl/α,β-unsaturated/α-hetero) is 1. The third kappa shape index (κ3) is 6.57. The van der Waals surface area contributed by atoms with Crippen LogP contribution in [0.4, 0.5) is 13.6 Å². The molecule has 0 aliphatic carbocycles. The SMILES string of the molecule is Cc1cc(OCc2c(F)cccc2F)c2nc(C)c(C(=O)CC(C#N)CNC(=O)OCc3ccccc3)n2c1. The fourth-order valence-corrected chi connectivity index (χ4v) is 4.08. The van der Waals surface area contributed by atoms with Crippen LogP contribution in [0.5, 0.6) is 5.75 Å². The van der Waals surface area contributed by atoms with Crippen LogP contribution in [0.2, 0.25) is 0 Å². The van der Waals surface area contributed by atoms with Crippen molar-refractivity contribution in [2.45, 2.75) is 33.5 Å². The number of aromatic nitrogens is 2. The predicted octanol–water partition coefficient (Wildman–Crippen LogP) is 5.45. The molecular weight excluding hydrogens is 506 g/mol. The van der Waals surface area contributed by atoms with Crippen molar-refractivity contribution in [2.75, 3.05) is 6.54 Å². The largest absolute Gasteiger partial charge is 0.485 e. The fraction of sp³-hybridized carbons (Fsp3) is 0.241. The number of rotatable bonds is 10. The van der Waals surface area contributed by atoms with Gasteiger partial charge < -0.3 is 14.8 Å². The molecule has 0 fully saturated rings. The van der Waals surface area contributed by atoms with E-state index in [9.17, 15) is 23.6 Å². The first-order valence-corrected chi connectivity index (χ1v) is 12.2. The second-order valence-corrected chi connectivity index (χ2v) is 9.01. The predicted molar refractivity (Wildman–Crippen MR) is 138 cm³/mol. The van der Waals surface area contributed by atoms with Crippen LogP contribution in [0, 0.1) is 42.7 Å². The molecule has 0 aliphatic heterocycles. The third-order valence-corrected chi connectivity index (χ3v) is 6.02. The van der Waals surface area contributed by atoms with Gasteiger partial charge in [0.15, 0.2) is 17.2 Å². The van der Waals surface area contributed by atoms with Crippen molar-refractivity contribution in [3.8, 4) is 11.8 Å². The number of carbonyl (C=O) groups excluding carboxylic acids is 2. The molecule has 1 atom stereocenters. The molecule has 0 saturated carbocycles. The summed E-state index contributed by atoms with van der Waals surface area (Å²) in [5.74, 6) is -2.37. The smallest absolute Gasteiger partial charge is 0.407 e. The minimum atomic E-state index is -0.809. The molecule has 2 heterocycles. The first-order chi connectivity index (χ1) is 18.8. The Morgan fingerprint density at radius 3 is 2.49 bits per heavy atom. The third-order valence-electron chi connectivity index (χ3n) is 6.02. The highest BCUT2D eigenvalue weighted by atomic mass is 19.1. The number of fused-ring (bicyclic) bond motifs is 1. The van der Waals surface area contributed by atoms with Crippen LogP contribution >= 0.6 is 0 Å². The number of imidazole rings is 1. The van der Waals surface area contributed by atoms with E-state index in [0.717, 1.165) is 23.3 Å². The van der Waals surface area contributed by atoms with Gasteiger partial charge in [-0.1, -0.05) is 36.4 Å². The quantitative estimate of drug-likeness (QED) is 0.273. The maximum atomic E-state index is 14.1. The van der Waals surface area contributed by atoms with E-state index in [4.69, 9.17) is 9.47 Å². The van der Waals surface area contributed by atoms with Gasteiger partial charge in [0.05, 0.1) is 23.2 Å². The van der Waals surface area contributed by atoms with E-state index >= 15 is 0 Å². The highest BCUT2D eigenvalue weighted by molar-refractivity contribution is 5.97. The molecule has 1 N–H and O–H groups in total. The summed E-state index contributed by atoms with van der Waals surface area (Å²) in [6.07, 6.45) is 0.829. The highest BCUT2D eigenvalue weighted by Crippen LogP contribution is 2.27. The number of hydrogen-bond donors (Lipinski definition) is 1. The molecule has 1 unspecified atom stereocenters. The lowest BCUT2D eigenvalue weighted by atomic mass is 10.0. The molecule has 0 bridgehead atoms. The van der Waals surface area contributed by atoms with Gasteiger partial charge in [-0.05, 0) is 43.2 Å². The van der Waals surface area contributed by atoms with Crippen LogP contribution in [0.15, 0.2) is 60.8 Å². The fourth-order valence-electron chi connectivity index (χ4n) is 4.08. The van der Waals surface area contributed by atoms with Crippen LogP contribution in [-0.4, -0.2) is 27.8 Å². The number of aryl methyl sites for hydroxylation is 2. The number of halogens is 2. The van der Waals surface area contributed by atoms with Crippen LogP contribution in [0.3, 0.4) is 0 Å². The monoisotopic (exact) mass is 532 g/mol. The number of ketones is 1. The molecule has 0 aliphatic rings. The summed E-state index contributed by atoms with van der Waals surface area (Å²) in [5, 5.41) is 12.1. The van der Waals surface area contributed by atoms with E-state index in [2.05, 4.69) is 10.3 Å². The molecule has 0 radical (unpaired) electrons. The lowest BCUT2D eigenvalue weighted by Crippen LogP contribution is -2.30. The molecule has 4 aromatic rings. The number of nitrogens with one attached hydrogen (secondary N) is 1. The van der Waals surface area contributed by atoms with Crippen LogP contribution in [0.25, 0.3) is 5.65 Å². The van der Waals surface area contributed by atoms with Crippen molar-refractivity contribution >= 4 is 17.5 Å². The summed E-state index contributed by atoms with van der Waals surface area (Å²) in [6.45, 7) is 3.07. The number of hydrogen-bond acceptors (Lipinski definition) is 6. The van der Waals surface area contributed by atoms with Crippen molar-refractivity contribution in [3.05, 3.63) is 101 Å². The Bertz CT molecular complexity index is 1530. The van der Waals surface area contributed by atoms with E-state index in [-0.39, 0.29) is 49.0 Å². The molecule has 1 amide bonds. The van der Waals surface area contributed by atoms with Gasteiger partial charge in [0.1, 0.15) is 30.5 Å². The summed E-state index contributed by atoms with van der Waals surface area (Å²) in [4.78, 5) is 29.8. The van der Waals surface area contributed by atoms with Gasteiger partial charge in [0, 0.05) is 19.2 Å². The second-order valence-electron chi connectivity index (χ2n) is 9.01. The molecule has 0 saturated heterocycles. The van der Waals surface area contributed by atoms with Gasteiger partial charge in [0.2, 0.25) is 0 Å². The number of carbonyl (C=O) groups is 2. The van der Waals surface area contributed by atoms with Crippen LogP contribution < -0.4 is 10.1 Å². The second kappa shape index (κ2) is 12.2. The van der Waals surface area contributed by atoms with E-state index < -0.39 is 23.6 Å². The molecular formula is C29H26F2N4O4. The Labute approximate surface area is 223 Å². The van der Waals surface area contributed by atoms with Gasteiger partial charge in [0.25, 0.3) is 0 Å². The van der Waals surface area contributed by atoms with Gasteiger partial charge in [-0.25, -0.2) is 18.6 Å². The van der Waals surface area contributed by atoms with Crippen molar-refractivity contribution < 1.29 is 27.8 Å². The van der Waals surface area contributed by atoms with Gasteiger partial charge in [-0.3, -0.25) is 9.20 Å². The summed E-state index contributed by atoms with van der Waals surface area (Å²) < 4.78 is 40.6. The maximum absolute atomic E-state index is 14.1. The van der Waals surface area contributed by atoms with Crippen LogP contribution in [-0.2, 0) is 18.0 Å². The number of alkyl carbamates (subject to hydrolysis) is 1. The molecule has 2 aromatic heterocycles. The summed E-state index contributed by atoms with van der Waals surface area (Å²) >= 11 is 0. The Morgan fingerprint density at radius 1 is 1.08 bits per heavy atom. The normalized spacial score (nSPS) is 11.6. The molecule has 2 aromatic carbocycles. The van der Waals surface area contributed by atoms with Crippen molar-refractivity contribution in [1.29, 1.82) is 5.26 Å². The molecule has 10 heteroatoms. The summed E-state index contributed by atoms with van der Waals surface area (Å²) in [5.41, 5.74) is 2.28. The van der Waals surface area contributed by atoms with Crippen molar-refractivity contribution in [3.63, 3.8) is 0 Å². The van der Waals surface area contributed by atoms with Gasteiger partial charge >= 0.3 is 6.09 Å². The highest BCUT2D eigenvalue weighted by Gasteiger charge is 2.23. The molecule has 0 spiro atoms. The molecule has 200 valence electrons. The number of nitriles is 1. The average molecular weight is 533 g/mol. The number of amides is 1. The van der Waals surface area contributed by atoms with Crippen LogP contribution in [0.1, 0.15) is 39.3 Å². The van der Waals surface area contributed by atoms with Crippen molar-refractivity contribution in [2.24, 2.45) is 5.92 Å².